The van der Waals surface area contributed by atoms with Gasteiger partial charge in [0.2, 0.25) is 5.88 Å². The maximum absolute atomic E-state index is 11.5. The van der Waals surface area contributed by atoms with Crippen molar-refractivity contribution in [3.8, 4) is 11.6 Å². The third-order valence-corrected chi connectivity index (χ3v) is 2.83. The third kappa shape index (κ3) is 4.57. The first kappa shape index (κ1) is 17.0. The van der Waals surface area contributed by atoms with Crippen LogP contribution in [0.25, 0.3) is 0 Å². The fraction of sp³-hybridized carbons (Fsp3) is 0.200. The lowest BCUT2D eigenvalue weighted by atomic mass is 10.3. The zero-order valence-electron chi connectivity index (χ0n) is 13.3. The molecule has 24 heavy (non-hydrogen) atoms. The molecule has 2 aromatic rings. The molecule has 0 fully saturated rings. The van der Waals surface area contributed by atoms with Crippen molar-refractivity contribution in [3.63, 3.8) is 0 Å². The largest absolute Gasteiger partial charge is 0.438 e. The Kier molecular flexibility index (Phi) is 5.89. The number of nitrogens with one attached hydrogen (secondary N) is 2. The molecule has 0 radical (unpaired) electrons. The SMILES string of the molecule is CCNC(=O)Nc1ccc(Oc2ncnc(N)c2/C=N/OC)cc1. The molecule has 1 heterocycles. The van der Waals surface area contributed by atoms with Crippen molar-refractivity contribution in [2.75, 3.05) is 24.7 Å². The van der Waals surface area contributed by atoms with Gasteiger partial charge in [-0.05, 0) is 31.2 Å². The van der Waals surface area contributed by atoms with Gasteiger partial charge in [0.05, 0.1) is 6.21 Å². The fourth-order valence-electron chi connectivity index (χ4n) is 1.75. The van der Waals surface area contributed by atoms with Crippen molar-refractivity contribution in [1.29, 1.82) is 0 Å². The summed E-state index contributed by atoms with van der Waals surface area (Å²) in [4.78, 5) is 24.0. The van der Waals surface area contributed by atoms with Gasteiger partial charge in [0.15, 0.2) is 0 Å². The Labute approximate surface area is 138 Å². The summed E-state index contributed by atoms with van der Waals surface area (Å²) in [5, 5.41) is 8.99. The zero-order chi connectivity index (χ0) is 17.4. The minimum atomic E-state index is -0.271. The van der Waals surface area contributed by atoms with Gasteiger partial charge in [-0.1, -0.05) is 5.16 Å². The normalized spacial score (nSPS) is 10.4. The van der Waals surface area contributed by atoms with E-state index in [4.69, 9.17) is 10.5 Å². The number of nitrogen functional groups attached to an aromatic ring is 1. The Morgan fingerprint density at radius 3 is 2.75 bits per heavy atom. The Bertz CT molecular complexity index is 718. The molecule has 0 unspecified atom stereocenters. The number of ether oxygens (including phenoxy) is 1. The number of anilines is 2. The molecule has 4 N–H and O–H groups in total. The summed E-state index contributed by atoms with van der Waals surface area (Å²) in [5.74, 6) is 0.977. The summed E-state index contributed by atoms with van der Waals surface area (Å²) in [6.45, 7) is 2.39. The number of carbonyl (C=O) groups excluding carboxylic acids is 1. The molecule has 0 saturated heterocycles. The van der Waals surface area contributed by atoms with Gasteiger partial charge in [0.25, 0.3) is 0 Å². The van der Waals surface area contributed by atoms with E-state index in [2.05, 4.69) is 30.6 Å². The molecule has 9 nitrogen and oxygen atoms in total. The molecule has 0 atom stereocenters. The predicted molar refractivity (Wildman–Crippen MR) is 90.3 cm³/mol. The van der Waals surface area contributed by atoms with Crippen molar-refractivity contribution in [3.05, 3.63) is 36.2 Å². The monoisotopic (exact) mass is 330 g/mol. The Balaban J connectivity index is 2.13. The highest BCUT2D eigenvalue weighted by Crippen LogP contribution is 2.25. The molecule has 0 aliphatic rings. The second-order valence-electron chi connectivity index (χ2n) is 4.51. The number of nitrogens with two attached hydrogens (primary N) is 1. The zero-order valence-corrected chi connectivity index (χ0v) is 13.3. The highest BCUT2D eigenvalue weighted by atomic mass is 16.6. The molecule has 0 aliphatic heterocycles. The minimum absolute atomic E-state index is 0.218. The van der Waals surface area contributed by atoms with Gasteiger partial charge in [-0.2, -0.15) is 0 Å². The molecule has 9 heteroatoms. The second kappa shape index (κ2) is 8.32. The summed E-state index contributed by atoms with van der Waals surface area (Å²) in [6.07, 6.45) is 2.66. The number of carbonyl (C=O) groups is 1. The number of hydrogen-bond acceptors (Lipinski definition) is 7. The van der Waals surface area contributed by atoms with Crippen LogP contribution in [0.1, 0.15) is 12.5 Å². The van der Waals surface area contributed by atoms with Crippen molar-refractivity contribution >= 4 is 23.8 Å². The number of rotatable bonds is 6. The molecule has 0 saturated carbocycles. The highest BCUT2D eigenvalue weighted by molar-refractivity contribution is 5.89. The van der Waals surface area contributed by atoms with Crippen LogP contribution in [-0.4, -0.2) is 35.9 Å². The van der Waals surface area contributed by atoms with E-state index in [-0.39, 0.29) is 17.7 Å². The number of amides is 2. The van der Waals surface area contributed by atoms with Gasteiger partial charge in [-0.3, -0.25) is 0 Å². The Morgan fingerprint density at radius 2 is 2.08 bits per heavy atom. The third-order valence-electron chi connectivity index (χ3n) is 2.83. The summed E-state index contributed by atoms with van der Waals surface area (Å²) in [6, 6.07) is 6.53. The van der Waals surface area contributed by atoms with Crippen molar-refractivity contribution < 1.29 is 14.4 Å². The Morgan fingerprint density at radius 1 is 1.33 bits per heavy atom. The maximum Gasteiger partial charge on any atom is 0.319 e. The van der Waals surface area contributed by atoms with Crippen molar-refractivity contribution in [2.24, 2.45) is 5.16 Å². The smallest absolute Gasteiger partial charge is 0.319 e. The minimum Gasteiger partial charge on any atom is -0.438 e. The highest BCUT2D eigenvalue weighted by Gasteiger charge is 2.10. The average molecular weight is 330 g/mol. The molecule has 0 bridgehead atoms. The van der Waals surface area contributed by atoms with E-state index >= 15 is 0 Å². The van der Waals surface area contributed by atoms with E-state index in [0.29, 0.717) is 23.5 Å². The lowest BCUT2D eigenvalue weighted by Gasteiger charge is -2.10. The number of aromatic nitrogens is 2. The number of urea groups is 1. The molecule has 0 aliphatic carbocycles. The average Bonchev–Trinajstić information content (AvgIpc) is 2.56. The molecule has 0 spiro atoms. The van der Waals surface area contributed by atoms with Crippen LogP contribution < -0.4 is 21.1 Å². The molecule has 2 amide bonds. The Hall–Kier alpha value is -3.36. The van der Waals surface area contributed by atoms with E-state index in [1.54, 1.807) is 24.3 Å². The lowest BCUT2D eigenvalue weighted by Crippen LogP contribution is -2.28. The molecule has 1 aromatic carbocycles. The molecule has 1 aromatic heterocycles. The summed E-state index contributed by atoms with van der Waals surface area (Å²) in [5.41, 5.74) is 6.83. The molecule has 2 rings (SSSR count). The van der Waals surface area contributed by atoms with Gasteiger partial charge in [-0.15, -0.1) is 0 Å². The van der Waals surface area contributed by atoms with E-state index in [1.165, 1.54) is 19.7 Å². The first-order valence-electron chi connectivity index (χ1n) is 7.13. The fourth-order valence-corrected chi connectivity index (χ4v) is 1.75. The van der Waals surface area contributed by atoms with Crippen LogP contribution in [0.5, 0.6) is 11.6 Å². The maximum atomic E-state index is 11.5. The second-order valence-corrected chi connectivity index (χ2v) is 4.51. The van der Waals surface area contributed by atoms with Gasteiger partial charge in [0.1, 0.15) is 30.6 Å². The summed E-state index contributed by atoms with van der Waals surface area (Å²) < 4.78 is 5.69. The van der Waals surface area contributed by atoms with E-state index in [9.17, 15) is 4.79 Å². The number of oxime groups is 1. The first-order valence-corrected chi connectivity index (χ1v) is 7.13. The summed E-state index contributed by atoms with van der Waals surface area (Å²) >= 11 is 0. The number of benzene rings is 1. The van der Waals surface area contributed by atoms with Crippen LogP contribution in [0.2, 0.25) is 0 Å². The molecular formula is C15H18N6O3. The quantitative estimate of drug-likeness (QED) is 0.549. The first-order chi connectivity index (χ1) is 11.6. The van der Waals surface area contributed by atoms with Crippen LogP contribution in [-0.2, 0) is 4.84 Å². The van der Waals surface area contributed by atoms with Crippen LogP contribution >= 0.6 is 0 Å². The number of nitrogens with zero attached hydrogens (tertiary/aromatic N) is 3. The topological polar surface area (TPSA) is 124 Å². The van der Waals surface area contributed by atoms with Gasteiger partial charge >= 0.3 is 6.03 Å². The van der Waals surface area contributed by atoms with E-state index < -0.39 is 0 Å². The molecule has 126 valence electrons. The summed E-state index contributed by atoms with van der Waals surface area (Å²) in [7, 11) is 1.41. The lowest BCUT2D eigenvalue weighted by molar-refractivity contribution is 0.215. The standard InChI is InChI=1S/C15H18N6O3/c1-3-17-15(22)21-10-4-6-11(7-5-10)24-14-12(8-20-23-2)13(16)18-9-19-14/h4-9H,3H2,1-2H3,(H2,16,18,19)(H2,17,21,22)/b20-8+. The van der Waals surface area contributed by atoms with E-state index in [0.717, 1.165) is 0 Å². The predicted octanol–water partition coefficient (Wildman–Crippen LogP) is 1.97. The van der Waals surface area contributed by atoms with Crippen molar-refractivity contribution in [1.82, 2.24) is 15.3 Å². The van der Waals surface area contributed by atoms with Crippen molar-refractivity contribution in [2.45, 2.75) is 6.92 Å². The van der Waals surface area contributed by atoms with Crippen LogP contribution in [0.3, 0.4) is 0 Å². The van der Waals surface area contributed by atoms with E-state index in [1.807, 2.05) is 6.92 Å². The molecular weight excluding hydrogens is 312 g/mol. The van der Waals surface area contributed by atoms with Gasteiger partial charge in [0, 0.05) is 12.2 Å². The van der Waals surface area contributed by atoms with Crippen LogP contribution in [0.15, 0.2) is 35.7 Å². The van der Waals surface area contributed by atoms with Gasteiger partial charge in [-0.25, -0.2) is 14.8 Å². The van der Waals surface area contributed by atoms with Crippen LogP contribution in [0.4, 0.5) is 16.3 Å². The van der Waals surface area contributed by atoms with Gasteiger partial charge < -0.3 is 25.9 Å². The van der Waals surface area contributed by atoms with Crippen LogP contribution in [0, 0.1) is 0 Å². The number of hydrogen-bond donors (Lipinski definition) is 3.